The Bertz CT molecular complexity index is 227. The largest absolute Gasteiger partial charge is 0.373 e. The molecule has 2 atom stereocenters. The summed E-state index contributed by atoms with van der Waals surface area (Å²) in [6.07, 6.45) is 6.13. The van der Waals surface area contributed by atoms with Crippen molar-refractivity contribution in [2.75, 3.05) is 26.2 Å². The molecule has 0 bridgehead atoms. The van der Waals surface area contributed by atoms with Crippen LogP contribution in [0.4, 0.5) is 0 Å². The fraction of sp³-hybridized carbons (Fsp3) is 1.00. The maximum Gasteiger partial charge on any atom is 0.0678 e. The van der Waals surface area contributed by atoms with E-state index in [1.54, 1.807) is 0 Å². The average molecular weight is 270 g/mol. The number of nitrogens with zero attached hydrogens (tertiary/aromatic N) is 1. The van der Waals surface area contributed by atoms with E-state index in [0.717, 1.165) is 19.6 Å². The molecule has 1 heterocycles. The van der Waals surface area contributed by atoms with Crippen molar-refractivity contribution in [2.45, 2.75) is 78.0 Å². The van der Waals surface area contributed by atoms with Crippen LogP contribution in [0.1, 0.15) is 60.3 Å². The second-order valence-electron chi connectivity index (χ2n) is 7.11. The van der Waals surface area contributed by atoms with Gasteiger partial charge in [0.25, 0.3) is 0 Å². The lowest BCUT2D eigenvalue weighted by Crippen LogP contribution is -2.45. The van der Waals surface area contributed by atoms with Gasteiger partial charge in [0.2, 0.25) is 0 Å². The molecule has 3 nitrogen and oxygen atoms in total. The molecule has 0 radical (unpaired) electrons. The minimum Gasteiger partial charge on any atom is -0.373 e. The van der Waals surface area contributed by atoms with Gasteiger partial charge in [-0.25, -0.2) is 0 Å². The molecule has 1 aliphatic rings. The summed E-state index contributed by atoms with van der Waals surface area (Å²) in [7, 11) is 0. The van der Waals surface area contributed by atoms with Crippen molar-refractivity contribution in [3.63, 3.8) is 0 Å². The molecule has 0 aliphatic carbocycles. The predicted molar refractivity (Wildman–Crippen MR) is 82.7 cm³/mol. The molecule has 3 heteroatoms. The Balaban J connectivity index is 1.96. The lowest BCUT2D eigenvalue weighted by atomic mass is 10.1. The molecule has 19 heavy (non-hydrogen) atoms. The summed E-state index contributed by atoms with van der Waals surface area (Å²) in [4.78, 5) is 2.56. The van der Waals surface area contributed by atoms with E-state index in [0.29, 0.717) is 12.2 Å². The molecular formula is C16H34N2O. The number of morpholine rings is 1. The van der Waals surface area contributed by atoms with E-state index >= 15 is 0 Å². The van der Waals surface area contributed by atoms with Crippen LogP contribution in [0, 0.1) is 0 Å². The number of hydrogen-bond donors (Lipinski definition) is 1. The maximum absolute atomic E-state index is 5.76. The van der Waals surface area contributed by atoms with E-state index in [1.165, 1.54) is 32.2 Å². The summed E-state index contributed by atoms with van der Waals surface area (Å²) in [6.45, 7) is 15.7. The van der Waals surface area contributed by atoms with Gasteiger partial charge in [0.15, 0.2) is 0 Å². The number of nitrogens with one attached hydrogen (secondary N) is 1. The Labute approximate surface area is 120 Å². The third-order valence-corrected chi connectivity index (χ3v) is 3.55. The van der Waals surface area contributed by atoms with E-state index in [-0.39, 0.29) is 5.54 Å². The van der Waals surface area contributed by atoms with Gasteiger partial charge in [-0.1, -0.05) is 12.8 Å². The standard InChI is InChI=1S/C16H34N2O/c1-14-12-18(13-15(2)19-14)11-9-7-6-8-10-17-16(3,4)5/h14-15,17H,6-13H2,1-5H3/t14-,15+. The van der Waals surface area contributed by atoms with Gasteiger partial charge in [0, 0.05) is 18.6 Å². The van der Waals surface area contributed by atoms with E-state index in [9.17, 15) is 0 Å². The monoisotopic (exact) mass is 270 g/mol. The summed E-state index contributed by atoms with van der Waals surface area (Å²) in [5.74, 6) is 0. The van der Waals surface area contributed by atoms with Crippen molar-refractivity contribution in [2.24, 2.45) is 0 Å². The summed E-state index contributed by atoms with van der Waals surface area (Å²) in [5, 5.41) is 3.55. The SMILES string of the molecule is C[C@@H]1CN(CCCCCCNC(C)(C)C)C[C@H](C)O1. The normalized spacial score (nSPS) is 25.7. The summed E-state index contributed by atoms with van der Waals surface area (Å²) in [5.41, 5.74) is 0.264. The van der Waals surface area contributed by atoms with E-state index in [1.807, 2.05) is 0 Å². The zero-order valence-electron chi connectivity index (χ0n) is 13.7. The zero-order chi connectivity index (χ0) is 14.3. The maximum atomic E-state index is 5.76. The van der Waals surface area contributed by atoms with Crippen molar-refractivity contribution in [3.8, 4) is 0 Å². The van der Waals surface area contributed by atoms with Gasteiger partial charge >= 0.3 is 0 Å². The topological polar surface area (TPSA) is 24.5 Å². The summed E-state index contributed by atoms with van der Waals surface area (Å²) in [6, 6.07) is 0. The van der Waals surface area contributed by atoms with Gasteiger partial charge in [-0.3, -0.25) is 4.90 Å². The van der Waals surface area contributed by atoms with Crippen LogP contribution in [0.3, 0.4) is 0 Å². The molecule has 0 aromatic carbocycles. The molecule has 0 amide bonds. The first kappa shape index (κ1) is 16.9. The third-order valence-electron chi connectivity index (χ3n) is 3.55. The van der Waals surface area contributed by atoms with Gasteiger partial charge in [-0.05, 0) is 60.5 Å². The van der Waals surface area contributed by atoms with E-state index < -0.39 is 0 Å². The van der Waals surface area contributed by atoms with Gasteiger partial charge in [-0.15, -0.1) is 0 Å². The first-order valence-electron chi connectivity index (χ1n) is 7.99. The lowest BCUT2D eigenvalue weighted by molar-refractivity contribution is -0.0681. The zero-order valence-corrected chi connectivity index (χ0v) is 13.7. The molecule has 1 N–H and O–H groups in total. The van der Waals surface area contributed by atoms with Crippen LogP contribution < -0.4 is 5.32 Å². The quantitative estimate of drug-likeness (QED) is 0.720. The number of ether oxygens (including phenoxy) is 1. The average Bonchev–Trinajstić information content (AvgIpc) is 2.25. The minimum atomic E-state index is 0.264. The minimum absolute atomic E-state index is 0.264. The molecule has 114 valence electrons. The van der Waals surface area contributed by atoms with Crippen molar-refractivity contribution >= 4 is 0 Å². The Morgan fingerprint density at radius 1 is 1.00 bits per heavy atom. The highest BCUT2D eigenvalue weighted by Gasteiger charge is 2.21. The van der Waals surface area contributed by atoms with Crippen molar-refractivity contribution in [1.29, 1.82) is 0 Å². The molecule has 0 unspecified atom stereocenters. The molecule has 1 rings (SSSR count). The highest BCUT2D eigenvalue weighted by Crippen LogP contribution is 2.12. The Morgan fingerprint density at radius 3 is 2.16 bits per heavy atom. The van der Waals surface area contributed by atoms with Gasteiger partial charge in [0.05, 0.1) is 12.2 Å². The first-order valence-corrected chi connectivity index (χ1v) is 7.99. The molecule has 0 saturated carbocycles. The third kappa shape index (κ3) is 8.61. The highest BCUT2D eigenvalue weighted by molar-refractivity contribution is 4.73. The van der Waals surface area contributed by atoms with Crippen LogP contribution in [-0.4, -0.2) is 48.8 Å². The first-order chi connectivity index (χ1) is 8.87. The number of rotatable bonds is 7. The number of hydrogen-bond acceptors (Lipinski definition) is 3. The molecule has 0 aromatic heterocycles. The second kappa shape index (κ2) is 8.23. The second-order valence-corrected chi connectivity index (χ2v) is 7.11. The molecule has 1 saturated heterocycles. The fourth-order valence-corrected chi connectivity index (χ4v) is 2.74. The van der Waals surface area contributed by atoms with Crippen molar-refractivity contribution in [3.05, 3.63) is 0 Å². The molecular weight excluding hydrogens is 236 g/mol. The van der Waals surface area contributed by atoms with Crippen LogP contribution in [0.5, 0.6) is 0 Å². The summed E-state index contributed by atoms with van der Waals surface area (Å²) >= 11 is 0. The molecule has 1 aliphatic heterocycles. The number of unbranched alkanes of at least 4 members (excludes halogenated alkanes) is 3. The van der Waals surface area contributed by atoms with Gasteiger partial charge < -0.3 is 10.1 Å². The van der Waals surface area contributed by atoms with Crippen LogP contribution >= 0.6 is 0 Å². The Hall–Kier alpha value is -0.120. The fourth-order valence-electron chi connectivity index (χ4n) is 2.74. The van der Waals surface area contributed by atoms with E-state index in [4.69, 9.17) is 4.74 Å². The van der Waals surface area contributed by atoms with E-state index in [2.05, 4.69) is 44.8 Å². The van der Waals surface area contributed by atoms with Crippen molar-refractivity contribution < 1.29 is 4.74 Å². The Kier molecular flexibility index (Phi) is 7.33. The van der Waals surface area contributed by atoms with Gasteiger partial charge in [0.1, 0.15) is 0 Å². The lowest BCUT2D eigenvalue weighted by Gasteiger charge is -2.35. The van der Waals surface area contributed by atoms with Crippen LogP contribution in [0.25, 0.3) is 0 Å². The predicted octanol–water partition coefficient (Wildman–Crippen LogP) is 3.04. The molecule has 1 fully saturated rings. The smallest absolute Gasteiger partial charge is 0.0678 e. The van der Waals surface area contributed by atoms with Crippen LogP contribution in [0.15, 0.2) is 0 Å². The highest BCUT2D eigenvalue weighted by atomic mass is 16.5. The molecule has 0 aromatic rings. The Morgan fingerprint density at radius 2 is 1.58 bits per heavy atom. The summed E-state index contributed by atoms with van der Waals surface area (Å²) < 4.78 is 5.76. The van der Waals surface area contributed by atoms with Gasteiger partial charge in [-0.2, -0.15) is 0 Å². The molecule has 0 spiro atoms. The van der Waals surface area contributed by atoms with Crippen LogP contribution in [0.2, 0.25) is 0 Å². The van der Waals surface area contributed by atoms with Crippen molar-refractivity contribution in [1.82, 2.24) is 10.2 Å². The van der Waals surface area contributed by atoms with Crippen LogP contribution in [-0.2, 0) is 4.74 Å².